The molecule has 0 saturated carbocycles. The zero-order valence-corrected chi connectivity index (χ0v) is 6.90. The summed E-state index contributed by atoms with van der Waals surface area (Å²) in [5, 5.41) is 0. The minimum Gasteiger partial charge on any atom is -0.399 e. The highest BCUT2D eigenvalue weighted by Gasteiger charge is 1.87. The van der Waals surface area contributed by atoms with Crippen LogP contribution in [0.15, 0.2) is 24.3 Å². The molecule has 0 radical (unpaired) electrons. The molecule has 0 saturated heterocycles. The molecule has 1 rings (SSSR count). The van der Waals surface area contributed by atoms with E-state index in [0.29, 0.717) is 6.42 Å². The Kier molecular flexibility index (Phi) is 4.17. The van der Waals surface area contributed by atoms with Crippen LogP contribution < -0.4 is 5.73 Å². The summed E-state index contributed by atoms with van der Waals surface area (Å²) in [6.45, 7) is 0. The van der Waals surface area contributed by atoms with Crippen molar-refractivity contribution in [2.75, 3.05) is 5.73 Å². The first kappa shape index (κ1) is 9.87. The molecule has 1 nitrogen and oxygen atoms in total. The molecule has 0 unspecified atom stereocenters. The predicted molar refractivity (Wildman–Crippen MR) is 50.6 cm³/mol. The quantitative estimate of drug-likeness (QED) is 0.502. The zero-order valence-electron chi connectivity index (χ0n) is 6.08. The number of nitrogens with two attached hydrogens (primary N) is 1. The van der Waals surface area contributed by atoms with Gasteiger partial charge < -0.3 is 5.73 Å². The number of anilines is 1. The van der Waals surface area contributed by atoms with Crippen molar-refractivity contribution in [1.29, 1.82) is 0 Å². The van der Waals surface area contributed by atoms with Crippen molar-refractivity contribution in [3.05, 3.63) is 29.8 Å². The van der Waals surface area contributed by atoms with E-state index in [-0.39, 0.29) is 12.4 Å². The van der Waals surface area contributed by atoms with Crippen LogP contribution in [-0.2, 0) is 6.42 Å². The van der Waals surface area contributed by atoms with Crippen LogP contribution in [0.2, 0.25) is 0 Å². The zero-order chi connectivity index (χ0) is 7.40. The van der Waals surface area contributed by atoms with Gasteiger partial charge >= 0.3 is 0 Å². The lowest BCUT2D eigenvalue weighted by Crippen LogP contribution is -1.85. The largest absolute Gasteiger partial charge is 0.399 e. The van der Waals surface area contributed by atoms with E-state index in [1.54, 1.807) is 0 Å². The van der Waals surface area contributed by atoms with E-state index in [4.69, 9.17) is 12.2 Å². The van der Waals surface area contributed by atoms with Gasteiger partial charge in [0.15, 0.2) is 0 Å². The Morgan fingerprint density at radius 3 is 2.27 bits per heavy atom. The Morgan fingerprint density at radius 2 is 1.82 bits per heavy atom. The SMILES string of the molecule is C#CCc1ccc(N)cc1.Cl. The van der Waals surface area contributed by atoms with E-state index in [9.17, 15) is 0 Å². The highest BCUT2D eigenvalue weighted by atomic mass is 35.5. The molecule has 0 amide bonds. The molecule has 2 heteroatoms. The Labute approximate surface area is 73.0 Å². The summed E-state index contributed by atoms with van der Waals surface area (Å²) < 4.78 is 0. The molecule has 0 aromatic heterocycles. The first-order valence-corrected chi connectivity index (χ1v) is 3.11. The molecule has 58 valence electrons. The molecule has 0 spiro atoms. The number of benzene rings is 1. The molecule has 2 N–H and O–H groups in total. The maximum absolute atomic E-state index is 5.47. The Bertz CT molecular complexity index is 245. The summed E-state index contributed by atoms with van der Waals surface area (Å²) in [6.07, 6.45) is 5.80. The third kappa shape index (κ3) is 2.97. The number of halogens is 1. The molecule has 1 aromatic rings. The van der Waals surface area contributed by atoms with Gasteiger partial charge in [-0.15, -0.1) is 24.8 Å². The fourth-order valence-electron chi connectivity index (χ4n) is 0.753. The highest BCUT2D eigenvalue weighted by Crippen LogP contribution is 2.04. The molecular formula is C9H10ClN. The number of hydrogen-bond donors (Lipinski definition) is 1. The van der Waals surface area contributed by atoms with Crippen molar-refractivity contribution < 1.29 is 0 Å². The minimum atomic E-state index is 0. The second-order valence-electron chi connectivity index (χ2n) is 2.12. The summed E-state index contributed by atoms with van der Waals surface area (Å²) in [5.74, 6) is 2.56. The van der Waals surface area contributed by atoms with E-state index in [1.165, 1.54) is 0 Å². The molecule has 11 heavy (non-hydrogen) atoms. The molecule has 1 aromatic carbocycles. The van der Waals surface area contributed by atoms with Crippen molar-refractivity contribution >= 4 is 18.1 Å². The van der Waals surface area contributed by atoms with Gasteiger partial charge in [-0.1, -0.05) is 12.1 Å². The Hall–Kier alpha value is -1.13. The maximum Gasteiger partial charge on any atom is 0.0337 e. The molecular weight excluding hydrogens is 158 g/mol. The second-order valence-corrected chi connectivity index (χ2v) is 2.12. The van der Waals surface area contributed by atoms with Crippen LogP contribution >= 0.6 is 12.4 Å². The Morgan fingerprint density at radius 1 is 1.27 bits per heavy atom. The summed E-state index contributed by atoms with van der Waals surface area (Å²) in [4.78, 5) is 0. The van der Waals surface area contributed by atoms with Crippen molar-refractivity contribution in [3.63, 3.8) is 0 Å². The molecule has 0 aliphatic carbocycles. The monoisotopic (exact) mass is 167 g/mol. The van der Waals surface area contributed by atoms with Gasteiger partial charge in [-0.2, -0.15) is 0 Å². The van der Waals surface area contributed by atoms with E-state index in [1.807, 2.05) is 24.3 Å². The van der Waals surface area contributed by atoms with E-state index < -0.39 is 0 Å². The number of rotatable bonds is 1. The summed E-state index contributed by atoms with van der Waals surface area (Å²) in [7, 11) is 0. The van der Waals surface area contributed by atoms with Crippen LogP contribution in [0.3, 0.4) is 0 Å². The molecule has 0 atom stereocenters. The molecule has 0 heterocycles. The van der Waals surface area contributed by atoms with Crippen LogP contribution in [0.5, 0.6) is 0 Å². The van der Waals surface area contributed by atoms with E-state index in [2.05, 4.69) is 5.92 Å². The first-order valence-electron chi connectivity index (χ1n) is 3.11. The number of terminal acetylenes is 1. The molecule has 0 aliphatic rings. The number of nitrogen functional groups attached to an aromatic ring is 1. The third-order valence-electron chi connectivity index (χ3n) is 1.29. The minimum absolute atomic E-state index is 0. The topological polar surface area (TPSA) is 26.0 Å². The fourth-order valence-corrected chi connectivity index (χ4v) is 0.753. The standard InChI is InChI=1S/C9H9N.ClH/c1-2-3-8-4-6-9(10)7-5-8;/h1,4-7H,3,10H2;1H. The number of hydrogen-bond acceptors (Lipinski definition) is 1. The lowest BCUT2D eigenvalue weighted by molar-refractivity contribution is 1.32. The van der Waals surface area contributed by atoms with Gasteiger partial charge in [0.2, 0.25) is 0 Å². The summed E-state index contributed by atoms with van der Waals surface area (Å²) in [5.41, 5.74) is 7.39. The van der Waals surface area contributed by atoms with Gasteiger partial charge in [0.05, 0.1) is 0 Å². The van der Waals surface area contributed by atoms with Crippen molar-refractivity contribution in [3.8, 4) is 12.3 Å². The van der Waals surface area contributed by atoms with Crippen LogP contribution in [0.25, 0.3) is 0 Å². The summed E-state index contributed by atoms with van der Waals surface area (Å²) >= 11 is 0. The van der Waals surface area contributed by atoms with Gasteiger partial charge in [-0.3, -0.25) is 0 Å². The van der Waals surface area contributed by atoms with Crippen LogP contribution in [0.1, 0.15) is 5.56 Å². The van der Waals surface area contributed by atoms with Crippen LogP contribution in [0, 0.1) is 12.3 Å². The van der Waals surface area contributed by atoms with Gasteiger partial charge in [0.25, 0.3) is 0 Å². The third-order valence-corrected chi connectivity index (χ3v) is 1.29. The van der Waals surface area contributed by atoms with Crippen molar-refractivity contribution in [2.45, 2.75) is 6.42 Å². The van der Waals surface area contributed by atoms with Crippen LogP contribution in [0.4, 0.5) is 5.69 Å². The fraction of sp³-hybridized carbons (Fsp3) is 0.111. The van der Waals surface area contributed by atoms with Gasteiger partial charge in [-0.25, -0.2) is 0 Å². The van der Waals surface area contributed by atoms with Crippen molar-refractivity contribution in [1.82, 2.24) is 0 Å². The van der Waals surface area contributed by atoms with Crippen molar-refractivity contribution in [2.24, 2.45) is 0 Å². The van der Waals surface area contributed by atoms with Gasteiger partial charge in [0, 0.05) is 12.1 Å². The lowest BCUT2D eigenvalue weighted by Gasteiger charge is -1.94. The van der Waals surface area contributed by atoms with E-state index >= 15 is 0 Å². The molecule has 0 fully saturated rings. The first-order chi connectivity index (χ1) is 4.83. The summed E-state index contributed by atoms with van der Waals surface area (Å²) in [6, 6.07) is 7.59. The Balaban J connectivity index is 0.000001000. The van der Waals surface area contributed by atoms with Crippen LogP contribution in [-0.4, -0.2) is 0 Å². The predicted octanol–water partition coefficient (Wildman–Crippen LogP) is 1.87. The van der Waals surface area contributed by atoms with Gasteiger partial charge in [0.1, 0.15) is 0 Å². The maximum atomic E-state index is 5.47. The van der Waals surface area contributed by atoms with Gasteiger partial charge in [-0.05, 0) is 17.7 Å². The lowest BCUT2D eigenvalue weighted by atomic mass is 10.1. The average Bonchev–Trinajstić information content (AvgIpc) is 1.95. The normalized spacial score (nSPS) is 7.91. The average molecular weight is 168 g/mol. The molecule has 0 aliphatic heterocycles. The second kappa shape index (κ2) is 4.65. The van der Waals surface area contributed by atoms with E-state index in [0.717, 1.165) is 11.3 Å². The highest BCUT2D eigenvalue weighted by molar-refractivity contribution is 5.85. The smallest absolute Gasteiger partial charge is 0.0337 e. The molecule has 0 bridgehead atoms.